The van der Waals surface area contributed by atoms with E-state index in [4.69, 9.17) is 9.47 Å². The summed E-state index contributed by atoms with van der Waals surface area (Å²) >= 11 is 0. The number of unbranched alkanes of at least 4 members (excludes halogenated alkanes) is 3. The van der Waals surface area contributed by atoms with Gasteiger partial charge in [0, 0.05) is 50.4 Å². The van der Waals surface area contributed by atoms with Crippen molar-refractivity contribution in [3.63, 3.8) is 0 Å². The molecule has 2 aliphatic heterocycles. The van der Waals surface area contributed by atoms with Crippen molar-refractivity contribution in [2.75, 3.05) is 49.5 Å². The Morgan fingerprint density at radius 3 is 2.33 bits per heavy atom. The lowest BCUT2D eigenvalue weighted by molar-refractivity contribution is -0.384. The zero-order valence-electron chi connectivity index (χ0n) is 23.0. The molecule has 4 rings (SSSR count). The predicted octanol–water partition coefficient (Wildman–Crippen LogP) is 3.99. The van der Waals surface area contributed by atoms with Gasteiger partial charge in [-0.2, -0.15) is 0 Å². The number of hydrogen-bond acceptors (Lipinski definition) is 10. The fourth-order valence-electron chi connectivity index (χ4n) is 4.89. The number of hydrogen-bond donors (Lipinski definition) is 2. The number of imide groups is 1. The standard InChI is InChI=1S/C28H33F2N5O7/c29-22-17-19(31-24-9-10-25(36)32-27(24)37)18-23(30)26(22)34-14-12-33(13-15-34)11-3-1-2-4-16-41-28(38)42-21-7-5-20(6-8-21)35(39)40/h5-8,17-18,24,31H,1-4,9-16H2,(H,32,36,37). The molecule has 0 aromatic heterocycles. The second-order valence-electron chi connectivity index (χ2n) is 10.1. The van der Waals surface area contributed by atoms with Crippen molar-refractivity contribution in [3.05, 3.63) is 58.1 Å². The summed E-state index contributed by atoms with van der Waals surface area (Å²) in [5.41, 5.74) is -0.0440. The molecule has 2 aromatic rings. The summed E-state index contributed by atoms with van der Waals surface area (Å²) < 4.78 is 39.8. The number of anilines is 2. The molecule has 2 aliphatic rings. The molecule has 0 radical (unpaired) electrons. The largest absolute Gasteiger partial charge is 0.513 e. The first-order valence-corrected chi connectivity index (χ1v) is 13.9. The first-order valence-electron chi connectivity index (χ1n) is 13.9. The lowest BCUT2D eigenvalue weighted by Crippen LogP contribution is -2.47. The van der Waals surface area contributed by atoms with Gasteiger partial charge in [0.1, 0.15) is 17.5 Å². The minimum atomic E-state index is -0.866. The molecule has 0 aliphatic carbocycles. The van der Waals surface area contributed by atoms with E-state index in [-0.39, 0.29) is 48.2 Å². The Kier molecular flexibility index (Phi) is 10.6. The number of non-ortho nitro benzene ring substituents is 1. The number of ether oxygens (including phenoxy) is 2. The molecular formula is C28H33F2N5O7. The Morgan fingerprint density at radius 1 is 1.02 bits per heavy atom. The van der Waals surface area contributed by atoms with Crippen LogP contribution in [0, 0.1) is 21.7 Å². The first kappa shape index (κ1) is 30.6. The van der Waals surface area contributed by atoms with Crippen LogP contribution in [0.3, 0.4) is 0 Å². The summed E-state index contributed by atoms with van der Waals surface area (Å²) in [6.07, 6.45) is 2.91. The molecule has 1 atom stereocenters. The highest BCUT2D eigenvalue weighted by molar-refractivity contribution is 6.01. The van der Waals surface area contributed by atoms with Gasteiger partial charge in [-0.1, -0.05) is 12.8 Å². The van der Waals surface area contributed by atoms with Gasteiger partial charge in [-0.25, -0.2) is 13.6 Å². The van der Waals surface area contributed by atoms with Crippen LogP contribution in [0.15, 0.2) is 36.4 Å². The zero-order valence-corrected chi connectivity index (χ0v) is 23.0. The predicted molar refractivity (Wildman–Crippen MR) is 148 cm³/mol. The maximum absolute atomic E-state index is 14.9. The van der Waals surface area contributed by atoms with Gasteiger partial charge in [0.15, 0.2) is 11.6 Å². The van der Waals surface area contributed by atoms with E-state index in [0.717, 1.165) is 25.8 Å². The fraction of sp³-hybridized carbons (Fsp3) is 0.464. The highest BCUT2D eigenvalue weighted by atomic mass is 19.1. The second-order valence-corrected chi connectivity index (χ2v) is 10.1. The van der Waals surface area contributed by atoms with Crippen LogP contribution in [0.5, 0.6) is 5.75 Å². The van der Waals surface area contributed by atoms with E-state index in [1.165, 1.54) is 36.4 Å². The summed E-state index contributed by atoms with van der Waals surface area (Å²) in [7, 11) is 0. The number of halogens is 2. The minimum Gasteiger partial charge on any atom is -0.434 e. The van der Waals surface area contributed by atoms with Gasteiger partial charge in [-0.3, -0.25) is 29.9 Å². The Morgan fingerprint density at radius 2 is 1.69 bits per heavy atom. The number of nitro benzene ring substituents is 1. The molecule has 226 valence electrons. The number of piperazine rings is 1. The van der Waals surface area contributed by atoms with Crippen molar-refractivity contribution in [1.82, 2.24) is 10.2 Å². The fourth-order valence-corrected chi connectivity index (χ4v) is 4.89. The van der Waals surface area contributed by atoms with E-state index in [0.29, 0.717) is 32.6 Å². The van der Waals surface area contributed by atoms with E-state index < -0.39 is 34.7 Å². The van der Waals surface area contributed by atoms with Gasteiger partial charge in [0.05, 0.1) is 11.5 Å². The Hall–Kier alpha value is -4.33. The molecule has 2 aromatic carbocycles. The Bertz CT molecular complexity index is 1260. The molecule has 0 bridgehead atoms. The van der Waals surface area contributed by atoms with Crippen LogP contribution < -0.4 is 20.3 Å². The van der Waals surface area contributed by atoms with Gasteiger partial charge < -0.3 is 19.7 Å². The van der Waals surface area contributed by atoms with Crippen molar-refractivity contribution >= 4 is 35.0 Å². The zero-order chi connectivity index (χ0) is 30.1. The number of benzene rings is 2. The number of carbonyl (C=O) groups is 3. The van der Waals surface area contributed by atoms with E-state index in [9.17, 15) is 33.3 Å². The smallest absolute Gasteiger partial charge is 0.434 e. The highest BCUT2D eigenvalue weighted by Gasteiger charge is 2.28. The number of nitro groups is 1. The summed E-state index contributed by atoms with van der Waals surface area (Å²) in [5, 5.41) is 15.7. The van der Waals surface area contributed by atoms with Crippen LogP contribution >= 0.6 is 0 Å². The molecule has 1 unspecified atom stereocenters. The Balaban J connectivity index is 1.10. The van der Waals surface area contributed by atoms with Crippen molar-refractivity contribution in [2.45, 2.75) is 44.6 Å². The van der Waals surface area contributed by atoms with Crippen LogP contribution in [0.4, 0.5) is 30.6 Å². The van der Waals surface area contributed by atoms with Gasteiger partial charge in [0.2, 0.25) is 11.8 Å². The average molecular weight is 590 g/mol. The maximum atomic E-state index is 14.9. The third kappa shape index (κ3) is 8.59. The second kappa shape index (κ2) is 14.5. The van der Waals surface area contributed by atoms with Gasteiger partial charge >= 0.3 is 6.16 Å². The molecular weight excluding hydrogens is 556 g/mol. The molecule has 14 heteroatoms. The average Bonchev–Trinajstić information content (AvgIpc) is 2.95. The maximum Gasteiger partial charge on any atom is 0.513 e. The van der Waals surface area contributed by atoms with Crippen LogP contribution in [0.1, 0.15) is 38.5 Å². The molecule has 2 saturated heterocycles. The summed E-state index contributed by atoms with van der Waals surface area (Å²) in [4.78, 5) is 49.0. The summed E-state index contributed by atoms with van der Waals surface area (Å²) in [5.74, 6) is -2.13. The van der Waals surface area contributed by atoms with E-state index >= 15 is 0 Å². The number of rotatable bonds is 12. The summed E-state index contributed by atoms with van der Waals surface area (Å²) in [6, 6.07) is 6.75. The van der Waals surface area contributed by atoms with Crippen LogP contribution in [0.25, 0.3) is 0 Å². The number of nitrogens with one attached hydrogen (secondary N) is 2. The minimum absolute atomic E-state index is 0.0874. The lowest BCUT2D eigenvalue weighted by atomic mass is 10.1. The van der Waals surface area contributed by atoms with Gasteiger partial charge in [0.25, 0.3) is 5.69 Å². The number of piperidine rings is 1. The van der Waals surface area contributed by atoms with Crippen molar-refractivity contribution in [2.24, 2.45) is 0 Å². The topological polar surface area (TPSA) is 143 Å². The van der Waals surface area contributed by atoms with Crippen molar-refractivity contribution in [3.8, 4) is 5.75 Å². The molecule has 2 fully saturated rings. The first-order chi connectivity index (χ1) is 20.2. The third-order valence-electron chi connectivity index (χ3n) is 7.12. The highest BCUT2D eigenvalue weighted by Crippen LogP contribution is 2.29. The molecule has 2 N–H and O–H groups in total. The molecule has 0 saturated carbocycles. The van der Waals surface area contributed by atoms with Crippen molar-refractivity contribution in [1.29, 1.82) is 0 Å². The number of nitrogens with zero attached hydrogens (tertiary/aromatic N) is 3. The molecule has 2 heterocycles. The summed E-state index contributed by atoms with van der Waals surface area (Å²) in [6.45, 7) is 3.30. The quantitative estimate of drug-likeness (QED) is 0.0932. The third-order valence-corrected chi connectivity index (χ3v) is 7.12. The SMILES string of the molecule is O=C1CCC(Nc2cc(F)c(N3CCN(CCCCCCOC(=O)Oc4ccc([N+](=O)[O-])cc4)CC3)c(F)c2)C(=O)N1. The normalized spacial score (nSPS) is 17.5. The van der Waals surface area contributed by atoms with E-state index in [1.54, 1.807) is 4.90 Å². The van der Waals surface area contributed by atoms with E-state index in [1.807, 2.05) is 0 Å². The van der Waals surface area contributed by atoms with Crippen LogP contribution in [-0.4, -0.2) is 73.2 Å². The van der Waals surface area contributed by atoms with Gasteiger partial charge in [-0.15, -0.1) is 0 Å². The van der Waals surface area contributed by atoms with E-state index in [2.05, 4.69) is 15.5 Å². The molecule has 0 spiro atoms. The van der Waals surface area contributed by atoms with Gasteiger partial charge in [-0.05, 0) is 50.1 Å². The monoisotopic (exact) mass is 589 g/mol. The van der Waals surface area contributed by atoms with Crippen LogP contribution in [-0.2, 0) is 14.3 Å². The molecule has 42 heavy (non-hydrogen) atoms. The number of amides is 2. The Labute approximate surface area is 241 Å². The van der Waals surface area contributed by atoms with Crippen LogP contribution in [0.2, 0.25) is 0 Å². The molecule has 12 nitrogen and oxygen atoms in total. The molecule has 2 amide bonds. The van der Waals surface area contributed by atoms with Crippen molar-refractivity contribution < 1.29 is 37.6 Å². The number of carbonyl (C=O) groups excluding carboxylic acids is 3. The lowest BCUT2D eigenvalue weighted by Gasteiger charge is -2.36.